The molecule has 0 aromatic carbocycles. The average molecular weight is 178 g/mol. The number of rotatable bonds is 5. The molecule has 0 nitrogen and oxygen atoms in total. The monoisotopic (exact) mass is 178 g/mol. The average Bonchev–Trinajstić information content (AvgIpc) is 1.91. The van der Waals surface area contributed by atoms with Gasteiger partial charge in [-0.3, -0.25) is 0 Å². The molecule has 0 aliphatic rings. The Labute approximate surface area is 69.1 Å². The molecule has 0 bridgehead atoms. The first kappa shape index (κ1) is 10.9. The number of hydrogen-bond donors (Lipinski definition) is 0. The van der Waals surface area contributed by atoms with Crippen LogP contribution in [0, 0.1) is 0 Å². The molecule has 0 spiro atoms. The maximum atomic E-state index is 3.01. The van der Waals surface area contributed by atoms with Gasteiger partial charge in [-0.15, -0.1) is 17.2 Å². The largest absolute Gasteiger partial charge is 0.130 e. The summed E-state index contributed by atoms with van der Waals surface area (Å²) in [6.07, 6.45) is 5.55. The molecule has 2 unspecified atom stereocenters. The predicted molar refractivity (Wildman–Crippen MR) is 56.4 cm³/mol. The van der Waals surface area contributed by atoms with Crippen LogP contribution in [0.2, 0.25) is 0 Å². The molecule has 10 heavy (non-hydrogen) atoms. The van der Waals surface area contributed by atoms with E-state index in [9.17, 15) is 0 Å². The Kier molecular flexibility index (Phi) is 7.13. The molecule has 0 aromatic heterocycles. The zero-order valence-electron chi connectivity index (χ0n) is 7.43. The summed E-state index contributed by atoms with van der Waals surface area (Å²) in [5.74, 6) is 0. The Morgan fingerprint density at radius 3 is 2.00 bits per heavy atom. The first-order chi connectivity index (χ1) is 4.76. The van der Waals surface area contributed by atoms with Crippen molar-refractivity contribution in [2.24, 2.45) is 0 Å². The van der Waals surface area contributed by atoms with Crippen molar-refractivity contribution in [3.63, 3.8) is 0 Å². The molecule has 2 heteroatoms. The quantitative estimate of drug-likeness (QED) is 0.565. The molecule has 0 radical (unpaired) electrons. The molecule has 0 rings (SSSR count). The van der Waals surface area contributed by atoms with E-state index in [-0.39, 0.29) is 0 Å². The fraction of sp³-hybridized carbons (Fsp3) is 1.00. The molecule has 0 N–H and O–H groups in total. The third-order valence-corrected chi connectivity index (χ3v) is 6.29. The Bertz CT molecular complexity index is 69.7. The molecule has 0 aliphatic heterocycles. The highest BCUT2D eigenvalue weighted by atomic mass is 31.2. The van der Waals surface area contributed by atoms with Crippen LogP contribution in [0.4, 0.5) is 0 Å². The first-order valence-corrected chi connectivity index (χ1v) is 6.70. The van der Waals surface area contributed by atoms with E-state index in [1.807, 2.05) is 0 Å². The van der Waals surface area contributed by atoms with Gasteiger partial charge in [0.2, 0.25) is 0 Å². The number of hydrogen-bond acceptors (Lipinski definition) is 0. The normalized spacial score (nSPS) is 14.1. The van der Waals surface area contributed by atoms with Gasteiger partial charge in [0.1, 0.15) is 0 Å². The Morgan fingerprint density at radius 1 is 1.20 bits per heavy atom. The fourth-order valence-corrected chi connectivity index (χ4v) is 4.78. The standard InChI is InChI=1S/C8H20P2/c1-4-7-8(9)10(5-2)6-3/h8H,4-7,9H2,1-3H3. The van der Waals surface area contributed by atoms with Crippen molar-refractivity contribution < 1.29 is 0 Å². The molecular weight excluding hydrogens is 158 g/mol. The minimum Gasteiger partial charge on any atom is -0.130 e. The second kappa shape index (κ2) is 6.56. The second-order valence-electron chi connectivity index (χ2n) is 2.58. The summed E-state index contributed by atoms with van der Waals surface area (Å²) in [6.45, 7) is 6.92. The molecule has 0 fully saturated rings. The van der Waals surface area contributed by atoms with Gasteiger partial charge in [-0.1, -0.05) is 27.2 Å². The summed E-state index contributed by atoms with van der Waals surface area (Å²) in [4.78, 5) is 0. The van der Waals surface area contributed by atoms with E-state index in [0.29, 0.717) is 7.92 Å². The lowest BCUT2D eigenvalue weighted by Crippen LogP contribution is -1.98. The van der Waals surface area contributed by atoms with E-state index in [0.717, 1.165) is 5.40 Å². The Balaban J connectivity index is 3.53. The van der Waals surface area contributed by atoms with Gasteiger partial charge in [0.05, 0.1) is 0 Å². The van der Waals surface area contributed by atoms with Crippen LogP contribution in [0.1, 0.15) is 33.6 Å². The van der Waals surface area contributed by atoms with Crippen molar-refractivity contribution in [1.82, 2.24) is 0 Å². The van der Waals surface area contributed by atoms with Gasteiger partial charge in [0.25, 0.3) is 0 Å². The van der Waals surface area contributed by atoms with Crippen molar-refractivity contribution in [3.8, 4) is 0 Å². The Morgan fingerprint density at radius 2 is 1.70 bits per heavy atom. The lowest BCUT2D eigenvalue weighted by atomic mass is 10.4. The van der Waals surface area contributed by atoms with Crippen LogP contribution in [0.3, 0.4) is 0 Å². The maximum Gasteiger partial charge on any atom is -0.00624 e. The van der Waals surface area contributed by atoms with Gasteiger partial charge in [0, 0.05) is 0 Å². The van der Waals surface area contributed by atoms with Crippen LogP contribution in [0.15, 0.2) is 0 Å². The van der Waals surface area contributed by atoms with Crippen LogP contribution >= 0.6 is 17.2 Å². The van der Waals surface area contributed by atoms with Gasteiger partial charge in [-0.25, -0.2) is 0 Å². The van der Waals surface area contributed by atoms with E-state index < -0.39 is 0 Å². The minimum atomic E-state index is 0.340. The topological polar surface area (TPSA) is 0 Å². The zero-order chi connectivity index (χ0) is 7.98. The van der Waals surface area contributed by atoms with E-state index in [1.165, 1.54) is 25.2 Å². The fourth-order valence-electron chi connectivity index (χ4n) is 1.17. The lowest BCUT2D eigenvalue weighted by Gasteiger charge is -2.20. The van der Waals surface area contributed by atoms with Gasteiger partial charge in [0.15, 0.2) is 0 Å². The highest BCUT2D eigenvalue weighted by Crippen LogP contribution is 2.45. The third-order valence-electron chi connectivity index (χ3n) is 1.87. The van der Waals surface area contributed by atoms with E-state index in [1.54, 1.807) is 0 Å². The van der Waals surface area contributed by atoms with E-state index in [4.69, 9.17) is 0 Å². The summed E-state index contributed by atoms with van der Waals surface area (Å²) in [5, 5.41) is 0.926. The summed E-state index contributed by atoms with van der Waals surface area (Å²) in [5.41, 5.74) is 0. The van der Waals surface area contributed by atoms with E-state index in [2.05, 4.69) is 30.0 Å². The lowest BCUT2D eigenvalue weighted by molar-refractivity contribution is 0.862. The molecule has 0 heterocycles. The van der Waals surface area contributed by atoms with Crippen molar-refractivity contribution in [1.29, 1.82) is 0 Å². The summed E-state index contributed by atoms with van der Waals surface area (Å²) >= 11 is 0. The molecular formula is C8H20P2. The summed E-state index contributed by atoms with van der Waals surface area (Å²) < 4.78 is 0. The molecule has 0 saturated heterocycles. The highest BCUT2D eigenvalue weighted by molar-refractivity contribution is 7.65. The smallest absolute Gasteiger partial charge is 0.00624 e. The highest BCUT2D eigenvalue weighted by Gasteiger charge is 2.10. The Hall–Kier alpha value is 0.860. The predicted octanol–water partition coefficient (Wildman–Crippen LogP) is 3.51. The van der Waals surface area contributed by atoms with Crippen LogP contribution in [0.5, 0.6) is 0 Å². The van der Waals surface area contributed by atoms with Crippen molar-refractivity contribution in [2.75, 3.05) is 12.3 Å². The van der Waals surface area contributed by atoms with Gasteiger partial charge < -0.3 is 0 Å². The van der Waals surface area contributed by atoms with Crippen LogP contribution in [-0.2, 0) is 0 Å². The maximum absolute atomic E-state index is 3.01. The summed E-state index contributed by atoms with van der Waals surface area (Å²) in [7, 11) is 3.35. The van der Waals surface area contributed by atoms with Gasteiger partial charge in [-0.2, -0.15) is 0 Å². The van der Waals surface area contributed by atoms with Crippen molar-refractivity contribution in [2.45, 2.75) is 39.0 Å². The SMILES string of the molecule is CCCC(P)P(CC)CC. The van der Waals surface area contributed by atoms with Crippen molar-refractivity contribution in [3.05, 3.63) is 0 Å². The molecule has 0 amide bonds. The van der Waals surface area contributed by atoms with Crippen LogP contribution in [-0.4, -0.2) is 17.7 Å². The third kappa shape index (κ3) is 3.89. The van der Waals surface area contributed by atoms with Crippen LogP contribution < -0.4 is 0 Å². The molecule has 0 saturated carbocycles. The molecule has 0 aromatic rings. The first-order valence-electron chi connectivity index (χ1n) is 4.25. The minimum absolute atomic E-state index is 0.340. The molecule has 2 atom stereocenters. The van der Waals surface area contributed by atoms with E-state index >= 15 is 0 Å². The molecule has 0 aliphatic carbocycles. The second-order valence-corrected chi connectivity index (χ2v) is 7.05. The summed E-state index contributed by atoms with van der Waals surface area (Å²) in [6, 6.07) is 0. The van der Waals surface area contributed by atoms with Crippen LogP contribution in [0.25, 0.3) is 0 Å². The van der Waals surface area contributed by atoms with Crippen molar-refractivity contribution >= 4 is 17.2 Å². The zero-order valence-corrected chi connectivity index (χ0v) is 9.48. The van der Waals surface area contributed by atoms with Gasteiger partial charge in [-0.05, 0) is 24.1 Å². The molecule has 62 valence electrons. The van der Waals surface area contributed by atoms with Gasteiger partial charge >= 0.3 is 0 Å².